The average Bonchev–Trinajstić information content (AvgIpc) is 2.41. The first-order chi connectivity index (χ1) is 9.93. The number of unbranched alkanes of at least 4 members (excludes halogenated alkanes) is 3. The van der Waals surface area contributed by atoms with Gasteiger partial charge in [0.25, 0.3) is 0 Å². The van der Waals surface area contributed by atoms with E-state index in [2.05, 4.69) is 19.2 Å². The van der Waals surface area contributed by atoms with Gasteiger partial charge in [-0.05, 0) is 24.5 Å². The van der Waals surface area contributed by atoms with Gasteiger partial charge in [0, 0.05) is 6.54 Å². The Morgan fingerprint density at radius 1 is 1.14 bits per heavy atom. The molecule has 0 saturated carbocycles. The van der Waals surface area contributed by atoms with Crippen LogP contribution in [0, 0.1) is 17.6 Å². The highest BCUT2D eigenvalue weighted by Gasteiger charge is 2.17. The minimum absolute atomic E-state index is 0.0136. The third-order valence-corrected chi connectivity index (χ3v) is 3.34. The summed E-state index contributed by atoms with van der Waals surface area (Å²) in [6, 6.07) is 2.34. The van der Waals surface area contributed by atoms with Crippen LogP contribution in [0.15, 0.2) is 12.1 Å². The van der Waals surface area contributed by atoms with E-state index in [4.69, 9.17) is 5.11 Å². The van der Waals surface area contributed by atoms with Gasteiger partial charge < -0.3 is 10.4 Å². The first-order valence-corrected chi connectivity index (χ1v) is 7.38. The molecule has 5 heteroatoms. The molecule has 0 aliphatic carbocycles. The zero-order chi connectivity index (χ0) is 15.8. The fourth-order valence-electron chi connectivity index (χ4n) is 2.11. The molecule has 118 valence electrons. The topological polar surface area (TPSA) is 49.3 Å². The van der Waals surface area contributed by atoms with Crippen molar-refractivity contribution in [3.05, 3.63) is 29.3 Å². The molecule has 0 radical (unpaired) electrons. The Labute approximate surface area is 124 Å². The summed E-state index contributed by atoms with van der Waals surface area (Å²) in [6.45, 7) is 4.93. The lowest BCUT2D eigenvalue weighted by molar-refractivity contribution is 0.0690. The van der Waals surface area contributed by atoms with Gasteiger partial charge in [-0.3, -0.25) is 0 Å². The van der Waals surface area contributed by atoms with Crippen LogP contribution in [0.2, 0.25) is 0 Å². The Kier molecular flexibility index (Phi) is 7.12. The van der Waals surface area contributed by atoms with Gasteiger partial charge in [-0.1, -0.05) is 39.5 Å². The quantitative estimate of drug-likeness (QED) is 0.651. The smallest absolute Gasteiger partial charge is 0.338 e. The van der Waals surface area contributed by atoms with E-state index in [-0.39, 0.29) is 5.69 Å². The highest BCUT2D eigenvalue weighted by molar-refractivity contribution is 5.88. The number of carbonyl (C=O) groups is 1. The Balaban J connectivity index is 2.36. The standard InChI is InChI=1S/C16H23F2NO2/c1-11(2)7-5-3-4-6-10-19-13-9-8-12(16(20)21)14(17)15(13)18/h8-9,11,19H,3-7,10H2,1-2H3,(H,20,21). The van der Waals surface area contributed by atoms with Crippen LogP contribution in [0.3, 0.4) is 0 Å². The van der Waals surface area contributed by atoms with Crippen LogP contribution in [-0.4, -0.2) is 17.6 Å². The molecule has 0 heterocycles. The number of hydrogen-bond donors (Lipinski definition) is 2. The summed E-state index contributed by atoms with van der Waals surface area (Å²) in [4.78, 5) is 10.7. The lowest BCUT2D eigenvalue weighted by Gasteiger charge is -2.09. The molecule has 0 aliphatic heterocycles. The number of carboxylic acids is 1. The molecule has 0 saturated heterocycles. The van der Waals surface area contributed by atoms with Crippen molar-refractivity contribution >= 4 is 11.7 Å². The predicted molar refractivity (Wildman–Crippen MR) is 79.7 cm³/mol. The van der Waals surface area contributed by atoms with Gasteiger partial charge in [0.05, 0.1) is 11.3 Å². The summed E-state index contributed by atoms with van der Waals surface area (Å²) >= 11 is 0. The summed E-state index contributed by atoms with van der Waals surface area (Å²) < 4.78 is 27.1. The summed E-state index contributed by atoms with van der Waals surface area (Å²) in [5.41, 5.74) is -0.633. The number of aromatic carboxylic acids is 1. The number of nitrogens with one attached hydrogen (secondary N) is 1. The normalized spacial score (nSPS) is 10.9. The van der Waals surface area contributed by atoms with E-state index in [0.717, 1.165) is 25.3 Å². The molecule has 0 bridgehead atoms. The second kappa shape index (κ2) is 8.60. The van der Waals surface area contributed by atoms with Crippen LogP contribution in [0.5, 0.6) is 0 Å². The molecular formula is C16H23F2NO2. The third kappa shape index (κ3) is 5.69. The van der Waals surface area contributed by atoms with Crippen molar-refractivity contribution in [2.45, 2.75) is 46.0 Å². The highest BCUT2D eigenvalue weighted by atomic mass is 19.2. The average molecular weight is 299 g/mol. The summed E-state index contributed by atoms with van der Waals surface area (Å²) in [7, 11) is 0. The summed E-state index contributed by atoms with van der Waals surface area (Å²) in [5, 5.41) is 11.5. The Morgan fingerprint density at radius 2 is 1.81 bits per heavy atom. The maximum atomic E-state index is 13.6. The molecular weight excluding hydrogens is 276 g/mol. The van der Waals surface area contributed by atoms with E-state index in [1.807, 2.05) is 0 Å². The van der Waals surface area contributed by atoms with Gasteiger partial charge >= 0.3 is 5.97 Å². The van der Waals surface area contributed by atoms with Crippen molar-refractivity contribution in [2.24, 2.45) is 5.92 Å². The second-order valence-corrected chi connectivity index (χ2v) is 5.62. The number of hydrogen-bond acceptors (Lipinski definition) is 2. The number of halogens is 2. The van der Waals surface area contributed by atoms with E-state index < -0.39 is 23.2 Å². The van der Waals surface area contributed by atoms with E-state index >= 15 is 0 Å². The SMILES string of the molecule is CC(C)CCCCCCNc1ccc(C(=O)O)c(F)c1F. The molecule has 0 aromatic heterocycles. The molecule has 3 nitrogen and oxygen atoms in total. The van der Waals surface area contributed by atoms with E-state index in [1.54, 1.807) is 0 Å². The van der Waals surface area contributed by atoms with Crippen molar-refractivity contribution < 1.29 is 18.7 Å². The maximum Gasteiger partial charge on any atom is 0.338 e. The molecule has 1 rings (SSSR count). The van der Waals surface area contributed by atoms with Crippen LogP contribution in [-0.2, 0) is 0 Å². The van der Waals surface area contributed by atoms with Crippen LogP contribution in [0.4, 0.5) is 14.5 Å². The van der Waals surface area contributed by atoms with Gasteiger partial charge in [-0.2, -0.15) is 0 Å². The fourth-order valence-corrected chi connectivity index (χ4v) is 2.11. The molecule has 0 atom stereocenters. The lowest BCUT2D eigenvalue weighted by atomic mass is 10.0. The van der Waals surface area contributed by atoms with Gasteiger partial charge in [-0.25, -0.2) is 13.6 Å². The summed E-state index contributed by atoms with van der Waals surface area (Å²) in [5.74, 6) is -3.20. The molecule has 0 spiro atoms. The van der Waals surface area contributed by atoms with E-state index in [0.29, 0.717) is 12.5 Å². The second-order valence-electron chi connectivity index (χ2n) is 5.62. The number of benzene rings is 1. The minimum Gasteiger partial charge on any atom is -0.478 e. The van der Waals surface area contributed by atoms with Crippen LogP contribution >= 0.6 is 0 Å². The van der Waals surface area contributed by atoms with Gasteiger partial charge in [0.15, 0.2) is 11.6 Å². The van der Waals surface area contributed by atoms with Crippen molar-refractivity contribution in [2.75, 3.05) is 11.9 Å². The highest BCUT2D eigenvalue weighted by Crippen LogP contribution is 2.21. The predicted octanol–water partition coefficient (Wildman–Crippen LogP) is 4.68. The molecule has 0 amide bonds. The van der Waals surface area contributed by atoms with E-state index in [9.17, 15) is 13.6 Å². The molecule has 21 heavy (non-hydrogen) atoms. The third-order valence-electron chi connectivity index (χ3n) is 3.34. The number of rotatable bonds is 9. The van der Waals surface area contributed by atoms with Crippen LogP contribution in [0.25, 0.3) is 0 Å². The Morgan fingerprint density at radius 3 is 2.43 bits per heavy atom. The van der Waals surface area contributed by atoms with Crippen molar-refractivity contribution in [3.8, 4) is 0 Å². The molecule has 1 aromatic rings. The lowest BCUT2D eigenvalue weighted by Crippen LogP contribution is -2.08. The zero-order valence-corrected chi connectivity index (χ0v) is 12.6. The van der Waals surface area contributed by atoms with Crippen molar-refractivity contribution in [1.82, 2.24) is 0 Å². The van der Waals surface area contributed by atoms with Gasteiger partial charge in [0.1, 0.15) is 0 Å². The minimum atomic E-state index is -1.47. The van der Waals surface area contributed by atoms with Crippen LogP contribution < -0.4 is 5.32 Å². The molecule has 1 aromatic carbocycles. The first kappa shape index (κ1) is 17.4. The Hall–Kier alpha value is -1.65. The number of carboxylic acid groups (broad SMARTS) is 1. The Bertz CT molecular complexity index is 476. The van der Waals surface area contributed by atoms with E-state index in [1.165, 1.54) is 18.9 Å². The molecule has 0 aliphatic rings. The fraction of sp³-hybridized carbons (Fsp3) is 0.562. The first-order valence-electron chi connectivity index (χ1n) is 7.38. The molecule has 2 N–H and O–H groups in total. The molecule has 0 fully saturated rings. The zero-order valence-electron chi connectivity index (χ0n) is 12.6. The monoisotopic (exact) mass is 299 g/mol. The van der Waals surface area contributed by atoms with Gasteiger partial charge in [0.2, 0.25) is 0 Å². The van der Waals surface area contributed by atoms with Crippen LogP contribution in [0.1, 0.15) is 56.3 Å². The van der Waals surface area contributed by atoms with Crippen molar-refractivity contribution in [1.29, 1.82) is 0 Å². The largest absolute Gasteiger partial charge is 0.478 e. The van der Waals surface area contributed by atoms with Crippen molar-refractivity contribution in [3.63, 3.8) is 0 Å². The summed E-state index contributed by atoms with van der Waals surface area (Å²) in [6.07, 6.45) is 5.45. The number of anilines is 1. The van der Waals surface area contributed by atoms with Gasteiger partial charge in [-0.15, -0.1) is 0 Å². The maximum absolute atomic E-state index is 13.6. The molecule has 0 unspecified atom stereocenters.